The zero-order valence-corrected chi connectivity index (χ0v) is 14.5. The molecule has 2 heterocycles. The Morgan fingerprint density at radius 3 is 2.94 bits per heavy atom. The highest BCUT2D eigenvalue weighted by atomic mass is 79.9. The van der Waals surface area contributed by atoms with Crippen molar-refractivity contribution in [2.45, 2.75) is 44.8 Å². The van der Waals surface area contributed by atoms with E-state index in [0.29, 0.717) is 12.1 Å². The summed E-state index contributed by atoms with van der Waals surface area (Å²) in [5, 5.41) is 3.58. The Bertz CT molecular complexity index is 377. The lowest BCUT2D eigenvalue weighted by molar-refractivity contribution is 0.0996. The van der Waals surface area contributed by atoms with Crippen LogP contribution in [0.3, 0.4) is 0 Å². The van der Waals surface area contributed by atoms with Crippen molar-refractivity contribution in [3.63, 3.8) is 0 Å². The largest absolute Gasteiger partial charge is 0.378 e. The summed E-state index contributed by atoms with van der Waals surface area (Å²) in [6.07, 6.45) is 5.22. The minimum absolute atomic E-state index is 0.427. The van der Waals surface area contributed by atoms with E-state index in [2.05, 4.69) is 50.2 Å². The predicted octanol–water partition coefficient (Wildman–Crippen LogP) is 4.88. The van der Waals surface area contributed by atoms with Crippen LogP contribution in [0, 0.1) is 0 Å². The maximum Gasteiger partial charge on any atom is 0.0758 e. The van der Waals surface area contributed by atoms with Crippen LogP contribution in [0.15, 0.2) is 13.6 Å². The molecule has 2 nitrogen and oxygen atoms in total. The van der Waals surface area contributed by atoms with E-state index in [1.807, 2.05) is 0 Å². The Morgan fingerprint density at radius 1 is 1.56 bits per heavy atom. The fourth-order valence-electron chi connectivity index (χ4n) is 2.43. The molecule has 2 rings (SSSR count). The highest BCUT2D eigenvalue weighted by Gasteiger charge is 2.20. The quantitative estimate of drug-likeness (QED) is 0.739. The Labute approximate surface area is 130 Å². The van der Waals surface area contributed by atoms with Crippen LogP contribution in [0.25, 0.3) is 0 Å². The minimum Gasteiger partial charge on any atom is -0.378 e. The molecule has 5 heteroatoms. The third-order valence-electron chi connectivity index (χ3n) is 3.31. The average Bonchev–Trinajstić information content (AvgIpc) is 2.94. The van der Waals surface area contributed by atoms with Gasteiger partial charge in [-0.3, -0.25) is 0 Å². The summed E-state index contributed by atoms with van der Waals surface area (Å²) >= 11 is 8.96. The molecule has 0 bridgehead atoms. The maximum absolute atomic E-state index is 5.71. The van der Waals surface area contributed by atoms with E-state index in [1.165, 1.54) is 26.0 Å². The van der Waals surface area contributed by atoms with Crippen LogP contribution in [0.2, 0.25) is 0 Å². The monoisotopic (exact) mass is 395 g/mol. The Hall–Kier alpha value is 0.580. The van der Waals surface area contributed by atoms with E-state index in [0.717, 1.165) is 26.0 Å². The zero-order chi connectivity index (χ0) is 13.0. The molecule has 0 aromatic carbocycles. The predicted molar refractivity (Wildman–Crippen MR) is 84.3 cm³/mol. The van der Waals surface area contributed by atoms with Gasteiger partial charge in [0.25, 0.3) is 0 Å². The first-order valence-corrected chi connectivity index (χ1v) is 8.90. The van der Waals surface area contributed by atoms with Crippen LogP contribution in [-0.4, -0.2) is 19.3 Å². The lowest BCUT2D eigenvalue weighted by Gasteiger charge is -2.19. The van der Waals surface area contributed by atoms with Gasteiger partial charge < -0.3 is 10.1 Å². The zero-order valence-electron chi connectivity index (χ0n) is 10.5. The van der Waals surface area contributed by atoms with E-state index in [4.69, 9.17) is 4.74 Å². The van der Waals surface area contributed by atoms with Gasteiger partial charge in [0.1, 0.15) is 0 Å². The molecule has 1 fully saturated rings. The molecule has 2 unspecified atom stereocenters. The van der Waals surface area contributed by atoms with Crippen LogP contribution < -0.4 is 5.32 Å². The molecule has 102 valence electrons. The number of nitrogens with one attached hydrogen (secondary N) is 1. The second-order valence-electron chi connectivity index (χ2n) is 4.60. The van der Waals surface area contributed by atoms with Gasteiger partial charge in [-0.2, -0.15) is 0 Å². The molecule has 1 aromatic rings. The maximum atomic E-state index is 5.71. The molecule has 1 N–H and O–H groups in total. The number of rotatable bonds is 6. The Kier molecular flexibility index (Phi) is 6.15. The number of hydrogen-bond acceptors (Lipinski definition) is 3. The molecule has 2 atom stereocenters. The minimum atomic E-state index is 0.427. The van der Waals surface area contributed by atoms with E-state index in [1.54, 1.807) is 11.3 Å². The lowest BCUT2D eigenvalue weighted by atomic mass is 10.0. The summed E-state index contributed by atoms with van der Waals surface area (Å²) in [4.78, 5) is 0. The van der Waals surface area contributed by atoms with Gasteiger partial charge in [-0.1, -0.05) is 6.92 Å². The standard InChI is InChI=1S/C13H19Br2NOS/c1-2-16-11(6-5-9-4-3-7-17-9)10-8-12(14)18-13(10)15/h8-9,11,16H,2-7H2,1H3. The van der Waals surface area contributed by atoms with Crippen LogP contribution >= 0.6 is 43.2 Å². The van der Waals surface area contributed by atoms with Crippen molar-refractivity contribution in [2.24, 2.45) is 0 Å². The van der Waals surface area contributed by atoms with Gasteiger partial charge in [-0.05, 0) is 75.7 Å². The highest BCUT2D eigenvalue weighted by molar-refractivity contribution is 9.12. The smallest absolute Gasteiger partial charge is 0.0758 e. The summed E-state index contributed by atoms with van der Waals surface area (Å²) in [5.41, 5.74) is 1.37. The number of thiophene rings is 1. The first-order valence-electron chi connectivity index (χ1n) is 6.50. The van der Waals surface area contributed by atoms with Crippen LogP contribution in [0.4, 0.5) is 0 Å². The van der Waals surface area contributed by atoms with Crippen LogP contribution in [-0.2, 0) is 4.74 Å². The van der Waals surface area contributed by atoms with Gasteiger partial charge in [-0.15, -0.1) is 11.3 Å². The number of hydrogen-bond donors (Lipinski definition) is 1. The van der Waals surface area contributed by atoms with Crippen molar-refractivity contribution in [1.29, 1.82) is 0 Å². The molecule has 18 heavy (non-hydrogen) atoms. The van der Waals surface area contributed by atoms with Crippen molar-refractivity contribution in [2.75, 3.05) is 13.2 Å². The van der Waals surface area contributed by atoms with Gasteiger partial charge in [0.2, 0.25) is 0 Å². The summed E-state index contributed by atoms with van der Waals surface area (Å²) in [6.45, 7) is 4.11. The normalized spacial score (nSPS) is 21.4. The van der Waals surface area contributed by atoms with Gasteiger partial charge in [0.05, 0.1) is 13.7 Å². The fraction of sp³-hybridized carbons (Fsp3) is 0.692. The second kappa shape index (κ2) is 7.39. The topological polar surface area (TPSA) is 21.3 Å². The van der Waals surface area contributed by atoms with E-state index in [-0.39, 0.29) is 0 Å². The van der Waals surface area contributed by atoms with Gasteiger partial charge >= 0.3 is 0 Å². The van der Waals surface area contributed by atoms with Gasteiger partial charge in [0, 0.05) is 12.6 Å². The van der Waals surface area contributed by atoms with Crippen LogP contribution in [0.1, 0.15) is 44.2 Å². The van der Waals surface area contributed by atoms with Gasteiger partial charge in [-0.25, -0.2) is 0 Å². The molecule has 1 aliphatic heterocycles. The summed E-state index contributed by atoms with van der Waals surface area (Å²) in [5.74, 6) is 0. The first-order chi connectivity index (χ1) is 8.70. The second-order valence-corrected chi connectivity index (χ2v) is 8.35. The molecule has 0 aliphatic carbocycles. The molecular weight excluding hydrogens is 378 g/mol. The SMILES string of the molecule is CCNC(CCC1CCCO1)c1cc(Br)sc1Br. The van der Waals surface area contributed by atoms with Crippen molar-refractivity contribution < 1.29 is 4.74 Å². The van der Waals surface area contributed by atoms with E-state index in [9.17, 15) is 0 Å². The molecule has 1 saturated heterocycles. The fourth-order valence-corrected chi connectivity index (χ4v) is 5.40. The molecule has 0 saturated carbocycles. The third kappa shape index (κ3) is 4.04. The van der Waals surface area contributed by atoms with E-state index < -0.39 is 0 Å². The molecule has 0 radical (unpaired) electrons. The van der Waals surface area contributed by atoms with Crippen molar-refractivity contribution in [3.8, 4) is 0 Å². The summed E-state index contributed by atoms with van der Waals surface area (Å²) in [6, 6.07) is 2.65. The lowest BCUT2D eigenvalue weighted by Crippen LogP contribution is -2.22. The molecule has 0 spiro atoms. The van der Waals surface area contributed by atoms with Crippen LogP contribution in [0.5, 0.6) is 0 Å². The van der Waals surface area contributed by atoms with Gasteiger partial charge in [0.15, 0.2) is 0 Å². The molecule has 0 amide bonds. The summed E-state index contributed by atoms with van der Waals surface area (Å²) < 4.78 is 8.12. The van der Waals surface area contributed by atoms with Crippen molar-refractivity contribution in [3.05, 3.63) is 19.2 Å². The molecule has 1 aliphatic rings. The highest BCUT2D eigenvalue weighted by Crippen LogP contribution is 2.37. The van der Waals surface area contributed by atoms with E-state index >= 15 is 0 Å². The summed E-state index contributed by atoms with van der Waals surface area (Å²) in [7, 11) is 0. The number of ether oxygens (including phenoxy) is 1. The Morgan fingerprint density at radius 2 is 2.39 bits per heavy atom. The first kappa shape index (κ1) is 15.0. The average molecular weight is 397 g/mol. The number of halogens is 2. The molecule has 1 aromatic heterocycles. The molecular formula is C13H19Br2NOS. The van der Waals surface area contributed by atoms with Crippen molar-refractivity contribution >= 4 is 43.2 Å². The third-order valence-corrected chi connectivity index (χ3v) is 5.70. The van der Waals surface area contributed by atoms with Crippen molar-refractivity contribution in [1.82, 2.24) is 5.32 Å². The Balaban J connectivity index is 1.96.